The van der Waals surface area contributed by atoms with Crippen LogP contribution >= 0.6 is 0 Å². The number of para-hydroxylation sites is 4. The van der Waals surface area contributed by atoms with Gasteiger partial charge in [0.05, 0.1) is 11.0 Å². The van der Waals surface area contributed by atoms with E-state index >= 15 is 0 Å². The number of hydrogen-bond acceptors (Lipinski definition) is 4. The molecule has 0 saturated heterocycles. The lowest BCUT2D eigenvalue weighted by Crippen LogP contribution is -1.94. The average Bonchev–Trinajstić information content (AvgIpc) is 3.80. The van der Waals surface area contributed by atoms with Crippen LogP contribution in [0, 0.1) is 13.8 Å². The van der Waals surface area contributed by atoms with Crippen molar-refractivity contribution in [3.8, 4) is 44.5 Å². The van der Waals surface area contributed by atoms with Gasteiger partial charge < -0.3 is 8.83 Å². The summed E-state index contributed by atoms with van der Waals surface area (Å²) in [6, 6.07) is 51.1. The summed E-state index contributed by atoms with van der Waals surface area (Å²) in [4.78, 5) is 10.1. The van der Waals surface area contributed by atoms with Gasteiger partial charge in [-0.15, -0.1) is 0 Å². The Balaban J connectivity index is 0.923. The second kappa shape index (κ2) is 11.7. The fourth-order valence-electron chi connectivity index (χ4n) is 8.38. The topological polar surface area (TPSA) is 52.1 Å². The summed E-state index contributed by atoms with van der Waals surface area (Å²) in [7, 11) is 0. The minimum absolute atomic E-state index is 0.908. The number of fused-ring (bicyclic) bond motifs is 9. The van der Waals surface area contributed by atoms with E-state index in [0.29, 0.717) is 0 Å². The first-order valence-electron chi connectivity index (χ1n) is 18.3. The second-order valence-electron chi connectivity index (χ2n) is 14.2. The Morgan fingerprint density at radius 2 is 0.704 bits per heavy atom. The zero-order chi connectivity index (χ0) is 35.9. The minimum Gasteiger partial charge on any atom is -0.455 e. The number of nitrogens with zero attached hydrogens (tertiary/aromatic N) is 2. The summed E-state index contributed by atoms with van der Waals surface area (Å²) in [6.45, 7) is 4.37. The predicted molar refractivity (Wildman–Crippen MR) is 223 cm³/mol. The lowest BCUT2D eigenvalue weighted by Gasteiger charge is -2.14. The van der Waals surface area contributed by atoms with E-state index in [1.165, 1.54) is 11.1 Å². The Hall–Kier alpha value is -7.04. The Morgan fingerprint density at radius 1 is 0.333 bits per heavy atom. The fourth-order valence-corrected chi connectivity index (χ4v) is 8.38. The molecule has 4 aromatic heterocycles. The van der Waals surface area contributed by atoms with Crippen LogP contribution in [0.1, 0.15) is 11.1 Å². The molecule has 54 heavy (non-hydrogen) atoms. The molecule has 0 bridgehead atoms. The summed E-state index contributed by atoms with van der Waals surface area (Å²) < 4.78 is 12.6. The van der Waals surface area contributed by atoms with Crippen LogP contribution in [-0.2, 0) is 0 Å². The van der Waals surface area contributed by atoms with Gasteiger partial charge in [0.15, 0.2) is 0 Å². The van der Waals surface area contributed by atoms with E-state index in [-0.39, 0.29) is 0 Å². The van der Waals surface area contributed by atoms with Crippen LogP contribution in [0.4, 0.5) is 0 Å². The molecule has 254 valence electrons. The summed E-state index contributed by atoms with van der Waals surface area (Å²) in [5, 5.41) is 6.77. The Labute approximate surface area is 311 Å². The highest BCUT2D eigenvalue weighted by atomic mass is 16.3. The van der Waals surface area contributed by atoms with Gasteiger partial charge in [-0.2, -0.15) is 0 Å². The van der Waals surface area contributed by atoms with Crippen molar-refractivity contribution in [1.29, 1.82) is 0 Å². The third-order valence-corrected chi connectivity index (χ3v) is 11.2. The molecule has 0 unspecified atom stereocenters. The van der Waals surface area contributed by atoms with Gasteiger partial charge in [-0.1, -0.05) is 133 Å². The first-order chi connectivity index (χ1) is 26.6. The zero-order valence-corrected chi connectivity index (χ0v) is 29.7. The number of rotatable bonds is 4. The number of benzene rings is 7. The molecule has 4 heteroatoms. The van der Waals surface area contributed by atoms with Gasteiger partial charge in [0.1, 0.15) is 22.3 Å². The van der Waals surface area contributed by atoms with E-state index in [2.05, 4.69) is 135 Å². The summed E-state index contributed by atoms with van der Waals surface area (Å²) >= 11 is 0. The van der Waals surface area contributed by atoms with Gasteiger partial charge in [0.2, 0.25) is 0 Å². The van der Waals surface area contributed by atoms with Gasteiger partial charge in [0, 0.05) is 67.0 Å². The van der Waals surface area contributed by atoms with E-state index < -0.39 is 0 Å². The highest BCUT2D eigenvalue weighted by Crippen LogP contribution is 2.40. The van der Waals surface area contributed by atoms with Crippen molar-refractivity contribution >= 4 is 65.7 Å². The van der Waals surface area contributed by atoms with Crippen molar-refractivity contribution in [2.75, 3.05) is 0 Å². The molecular formula is C50H32N2O2. The zero-order valence-electron chi connectivity index (χ0n) is 29.7. The first-order valence-corrected chi connectivity index (χ1v) is 18.3. The molecule has 0 radical (unpaired) electrons. The molecule has 4 heterocycles. The molecule has 0 aliphatic carbocycles. The maximum absolute atomic E-state index is 6.32. The minimum atomic E-state index is 0.908. The number of pyridine rings is 2. The van der Waals surface area contributed by atoms with Gasteiger partial charge in [-0.25, -0.2) is 0 Å². The van der Waals surface area contributed by atoms with Crippen molar-refractivity contribution in [2.45, 2.75) is 13.8 Å². The SMILES string of the molecule is Cc1c(-c2ccc(-c3cccc4c3oc3ccccc34)cc2)cnc2c1ccc1c(C)c(-c3ccc(-c4cccc5c4oc4ccccc45)cc3)cnc12. The molecule has 0 saturated carbocycles. The molecule has 0 aliphatic heterocycles. The van der Waals surface area contributed by atoms with E-state index in [1.807, 2.05) is 36.7 Å². The van der Waals surface area contributed by atoms with Crippen LogP contribution in [0.5, 0.6) is 0 Å². The average molecular weight is 693 g/mol. The summed E-state index contributed by atoms with van der Waals surface area (Å²) in [5.74, 6) is 0. The fraction of sp³-hybridized carbons (Fsp3) is 0.0400. The summed E-state index contributed by atoms with van der Waals surface area (Å²) in [6.07, 6.45) is 4.00. The molecule has 4 nitrogen and oxygen atoms in total. The number of hydrogen-bond donors (Lipinski definition) is 0. The molecule has 0 fully saturated rings. The van der Waals surface area contributed by atoms with Crippen molar-refractivity contribution in [1.82, 2.24) is 9.97 Å². The molecule has 0 aliphatic rings. The lowest BCUT2D eigenvalue weighted by atomic mass is 9.93. The number of furan rings is 2. The molecule has 0 N–H and O–H groups in total. The van der Waals surface area contributed by atoms with E-state index in [0.717, 1.165) is 110 Å². The third-order valence-electron chi connectivity index (χ3n) is 11.2. The predicted octanol–water partition coefficient (Wildman–Crippen LogP) is 13.9. The summed E-state index contributed by atoms with van der Waals surface area (Å²) in [5.41, 5.74) is 16.8. The van der Waals surface area contributed by atoms with Gasteiger partial charge in [0.25, 0.3) is 0 Å². The molecule has 0 atom stereocenters. The molecule has 11 aromatic rings. The second-order valence-corrected chi connectivity index (χ2v) is 14.2. The maximum atomic E-state index is 6.32. The van der Waals surface area contributed by atoms with Crippen LogP contribution in [0.25, 0.3) is 110 Å². The normalized spacial score (nSPS) is 11.9. The Morgan fingerprint density at radius 3 is 1.13 bits per heavy atom. The Kier molecular flexibility index (Phi) is 6.65. The standard InChI is InChI=1S/C50H32N2O2/c1-29-35-25-26-36-30(2)44(34-23-19-32(20-24-34)38-12-8-14-42-40-10-4-6-16-46(40)54-50(38)42)28-52-48(36)47(35)51-27-43(29)33-21-17-31(18-22-33)37-11-7-13-41-39-9-3-5-15-45(39)53-49(37)41/h3-28H,1-2H3. The number of aryl methyl sites for hydroxylation is 2. The van der Waals surface area contributed by atoms with Gasteiger partial charge >= 0.3 is 0 Å². The smallest absolute Gasteiger partial charge is 0.143 e. The largest absolute Gasteiger partial charge is 0.455 e. The van der Waals surface area contributed by atoms with Crippen molar-refractivity contribution in [3.05, 3.63) is 169 Å². The quantitative estimate of drug-likeness (QED) is 0.172. The van der Waals surface area contributed by atoms with E-state index in [1.54, 1.807) is 0 Å². The van der Waals surface area contributed by atoms with Crippen molar-refractivity contribution in [2.24, 2.45) is 0 Å². The molecule has 11 rings (SSSR count). The van der Waals surface area contributed by atoms with E-state index in [9.17, 15) is 0 Å². The monoisotopic (exact) mass is 692 g/mol. The highest BCUT2D eigenvalue weighted by Gasteiger charge is 2.17. The van der Waals surface area contributed by atoms with Crippen LogP contribution < -0.4 is 0 Å². The van der Waals surface area contributed by atoms with Gasteiger partial charge in [-0.3, -0.25) is 9.97 Å². The Bertz CT molecular complexity index is 3060. The maximum Gasteiger partial charge on any atom is 0.143 e. The molecule has 0 amide bonds. The van der Waals surface area contributed by atoms with Crippen LogP contribution in [-0.4, -0.2) is 9.97 Å². The van der Waals surface area contributed by atoms with E-state index in [4.69, 9.17) is 18.8 Å². The molecule has 0 spiro atoms. The molecule has 7 aromatic carbocycles. The lowest BCUT2D eigenvalue weighted by molar-refractivity contribution is 0.669. The van der Waals surface area contributed by atoms with Crippen LogP contribution in [0.15, 0.2) is 167 Å². The van der Waals surface area contributed by atoms with Gasteiger partial charge in [-0.05, 0) is 59.4 Å². The third kappa shape index (κ3) is 4.56. The first kappa shape index (κ1) is 30.6. The highest BCUT2D eigenvalue weighted by molar-refractivity contribution is 6.11. The van der Waals surface area contributed by atoms with Crippen molar-refractivity contribution < 1.29 is 8.83 Å². The van der Waals surface area contributed by atoms with Crippen molar-refractivity contribution in [3.63, 3.8) is 0 Å². The number of aromatic nitrogens is 2. The van der Waals surface area contributed by atoms with Crippen LogP contribution in [0.3, 0.4) is 0 Å². The molecular weight excluding hydrogens is 661 g/mol. The van der Waals surface area contributed by atoms with Crippen LogP contribution in [0.2, 0.25) is 0 Å².